The second-order valence-electron chi connectivity index (χ2n) is 2.77. The van der Waals surface area contributed by atoms with E-state index < -0.39 is 6.85 Å². The quantitative estimate of drug-likeness (QED) is 0.644. The van der Waals surface area contributed by atoms with Gasteiger partial charge in [-0.3, -0.25) is 4.98 Å². The number of aromatic nitrogens is 1. The molecule has 0 radical (unpaired) electrons. The molecule has 13 heavy (non-hydrogen) atoms. The van der Waals surface area contributed by atoms with Crippen LogP contribution in [0.5, 0.6) is 0 Å². The molecule has 0 saturated carbocycles. The van der Waals surface area contributed by atoms with Crippen LogP contribution in [0.3, 0.4) is 0 Å². The van der Waals surface area contributed by atoms with E-state index in [1.165, 1.54) is 0 Å². The number of nitrogens with zero attached hydrogens (tertiary/aromatic N) is 1. The highest BCUT2D eigenvalue weighted by atomic mass is 14.7. The molecule has 1 heterocycles. The highest BCUT2D eigenvalue weighted by molar-refractivity contribution is 5.62. The largest absolute Gasteiger partial charge is 0.256 e. The zero-order valence-electron chi connectivity index (χ0n) is 10.1. The SMILES string of the molecule is [2H]C([2H])([2H])c1cccnc1-c1ccccc1. The van der Waals surface area contributed by atoms with Gasteiger partial charge >= 0.3 is 0 Å². The van der Waals surface area contributed by atoms with Gasteiger partial charge in [0.15, 0.2) is 0 Å². The Morgan fingerprint density at radius 2 is 1.92 bits per heavy atom. The first-order valence-corrected chi connectivity index (χ1v) is 4.10. The minimum Gasteiger partial charge on any atom is -0.256 e. The van der Waals surface area contributed by atoms with Crippen LogP contribution >= 0.6 is 0 Å². The summed E-state index contributed by atoms with van der Waals surface area (Å²) >= 11 is 0. The molecule has 0 fully saturated rings. The van der Waals surface area contributed by atoms with Gasteiger partial charge in [0.2, 0.25) is 0 Å². The van der Waals surface area contributed by atoms with E-state index in [1.54, 1.807) is 18.3 Å². The smallest absolute Gasteiger partial charge is 0.0731 e. The minimum atomic E-state index is -2.13. The lowest BCUT2D eigenvalue weighted by Gasteiger charge is -2.02. The van der Waals surface area contributed by atoms with Crippen molar-refractivity contribution >= 4 is 0 Å². The summed E-state index contributed by atoms with van der Waals surface area (Å²) in [6.07, 6.45) is 1.61. The first kappa shape index (κ1) is 5.18. The zero-order valence-corrected chi connectivity index (χ0v) is 7.07. The van der Waals surface area contributed by atoms with Crippen molar-refractivity contribution in [3.05, 3.63) is 54.2 Å². The van der Waals surface area contributed by atoms with Crippen molar-refractivity contribution < 1.29 is 4.11 Å². The molecule has 2 aromatic rings. The number of rotatable bonds is 1. The van der Waals surface area contributed by atoms with Crippen LogP contribution < -0.4 is 0 Å². The molecular formula is C12H11N. The topological polar surface area (TPSA) is 12.9 Å². The average Bonchev–Trinajstić information content (AvgIpc) is 2.29. The first-order chi connectivity index (χ1) is 7.59. The lowest BCUT2D eigenvalue weighted by atomic mass is 10.1. The number of benzene rings is 1. The van der Waals surface area contributed by atoms with Crippen molar-refractivity contribution in [2.45, 2.75) is 6.85 Å². The van der Waals surface area contributed by atoms with Crippen LogP contribution in [0.2, 0.25) is 0 Å². The Hall–Kier alpha value is -1.63. The van der Waals surface area contributed by atoms with E-state index in [4.69, 9.17) is 4.11 Å². The molecular weight excluding hydrogens is 158 g/mol. The van der Waals surface area contributed by atoms with Gasteiger partial charge in [0.1, 0.15) is 0 Å². The molecule has 1 aromatic carbocycles. The molecule has 0 unspecified atom stereocenters. The standard InChI is InChI=1S/C12H11N/c1-10-6-5-9-13-12(10)11-7-3-2-4-8-11/h2-9H,1H3/i1D3. The van der Waals surface area contributed by atoms with Gasteiger partial charge in [0.05, 0.1) is 5.69 Å². The van der Waals surface area contributed by atoms with Crippen LogP contribution in [-0.2, 0) is 0 Å². The number of aryl methyl sites for hydroxylation is 1. The van der Waals surface area contributed by atoms with Crippen molar-refractivity contribution in [2.75, 3.05) is 0 Å². The summed E-state index contributed by atoms with van der Waals surface area (Å²) in [6, 6.07) is 12.6. The van der Waals surface area contributed by atoms with E-state index in [0.29, 0.717) is 11.3 Å². The normalized spacial score (nSPS) is 14.3. The molecule has 1 nitrogen and oxygen atoms in total. The Balaban J connectivity index is 2.58. The monoisotopic (exact) mass is 172 g/mol. The predicted molar refractivity (Wildman–Crippen MR) is 54.4 cm³/mol. The lowest BCUT2D eigenvalue weighted by molar-refractivity contribution is 1.27. The molecule has 0 amide bonds. The minimum absolute atomic E-state index is 0.293. The summed E-state index contributed by atoms with van der Waals surface area (Å²) in [5.74, 6) is 0. The third kappa shape index (κ3) is 1.59. The van der Waals surface area contributed by atoms with Crippen LogP contribution in [-0.4, -0.2) is 4.98 Å². The summed E-state index contributed by atoms with van der Waals surface area (Å²) in [5, 5.41) is 0. The molecule has 2 rings (SSSR count). The molecule has 1 aromatic heterocycles. The van der Waals surface area contributed by atoms with Gasteiger partial charge < -0.3 is 0 Å². The maximum Gasteiger partial charge on any atom is 0.0731 e. The fourth-order valence-corrected chi connectivity index (χ4v) is 1.23. The van der Waals surface area contributed by atoms with E-state index in [0.717, 1.165) is 5.56 Å². The molecule has 0 aliphatic heterocycles. The third-order valence-electron chi connectivity index (χ3n) is 1.85. The predicted octanol–water partition coefficient (Wildman–Crippen LogP) is 3.06. The summed E-state index contributed by atoms with van der Waals surface area (Å²) in [5.41, 5.74) is 1.65. The van der Waals surface area contributed by atoms with Gasteiger partial charge in [0.25, 0.3) is 0 Å². The Morgan fingerprint density at radius 3 is 2.69 bits per heavy atom. The highest BCUT2D eigenvalue weighted by Crippen LogP contribution is 2.19. The van der Waals surface area contributed by atoms with Gasteiger partial charge in [0, 0.05) is 15.9 Å². The fourth-order valence-electron chi connectivity index (χ4n) is 1.23. The summed E-state index contributed by atoms with van der Waals surface area (Å²) in [4.78, 5) is 4.16. The van der Waals surface area contributed by atoms with Crippen LogP contribution in [0.25, 0.3) is 11.3 Å². The van der Waals surface area contributed by atoms with Crippen molar-refractivity contribution in [1.29, 1.82) is 0 Å². The molecule has 0 atom stereocenters. The molecule has 0 spiro atoms. The van der Waals surface area contributed by atoms with E-state index in [9.17, 15) is 0 Å². The number of hydrogen-bond acceptors (Lipinski definition) is 1. The Bertz CT molecular complexity index is 477. The van der Waals surface area contributed by atoms with E-state index in [-0.39, 0.29) is 0 Å². The summed E-state index contributed by atoms with van der Waals surface area (Å²) in [6.45, 7) is -2.13. The van der Waals surface area contributed by atoms with Crippen LogP contribution in [0.4, 0.5) is 0 Å². The maximum atomic E-state index is 7.46. The zero-order chi connectivity index (χ0) is 11.6. The molecule has 0 aliphatic rings. The van der Waals surface area contributed by atoms with Crippen LogP contribution in [0.1, 0.15) is 9.68 Å². The third-order valence-corrected chi connectivity index (χ3v) is 1.85. The second kappa shape index (κ2) is 3.40. The van der Waals surface area contributed by atoms with Crippen molar-refractivity contribution in [1.82, 2.24) is 4.98 Å². The van der Waals surface area contributed by atoms with E-state index >= 15 is 0 Å². The maximum absolute atomic E-state index is 7.46. The highest BCUT2D eigenvalue weighted by Gasteiger charge is 1.99. The van der Waals surface area contributed by atoms with Gasteiger partial charge in [-0.05, 0) is 18.5 Å². The van der Waals surface area contributed by atoms with Crippen molar-refractivity contribution in [3.63, 3.8) is 0 Å². The fraction of sp³-hybridized carbons (Fsp3) is 0.0833. The molecule has 0 bridgehead atoms. The van der Waals surface area contributed by atoms with Gasteiger partial charge in [-0.25, -0.2) is 0 Å². The number of hydrogen-bond donors (Lipinski definition) is 0. The van der Waals surface area contributed by atoms with E-state index in [2.05, 4.69) is 4.98 Å². The van der Waals surface area contributed by atoms with Gasteiger partial charge in [-0.2, -0.15) is 0 Å². The van der Waals surface area contributed by atoms with E-state index in [1.807, 2.05) is 30.3 Å². The Morgan fingerprint density at radius 1 is 1.08 bits per heavy atom. The van der Waals surface area contributed by atoms with Crippen molar-refractivity contribution in [2.24, 2.45) is 0 Å². The Kier molecular flexibility index (Phi) is 1.35. The van der Waals surface area contributed by atoms with Gasteiger partial charge in [-0.1, -0.05) is 36.4 Å². The molecule has 0 aliphatic carbocycles. The van der Waals surface area contributed by atoms with Gasteiger partial charge in [-0.15, -0.1) is 0 Å². The summed E-state index contributed by atoms with van der Waals surface area (Å²) in [7, 11) is 0. The molecule has 1 heteroatoms. The number of pyridine rings is 1. The second-order valence-corrected chi connectivity index (χ2v) is 2.77. The summed E-state index contributed by atoms with van der Waals surface area (Å²) < 4.78 is 22.4. The van der Waals surface area contributed by atoms with Crippen molar-refractivity contribution in [3.8, 4) is 11.3 Å². The Labute approximate surface area is 82.3 Å². The lowest BCUT2D eigenvalue weighted by Crippen LogP contribution is -1.85. The molecule has 0 N–H and O–H groups in total. The van der Waals surface area contributed by atoms with Crippen LogP contribution in [0.15, 0.2) is 48.7 Å². The first-order valence-electron chi connectivity index (χ1n) is 5.60. The van der Waals surface area contributed by atoms with Crippen LogP contribution in [0, 0.1) is 6.85 Å². The molecule has 64 valence electrons. The average molecular weight is 172 g/mol. The molecule has 0 saturated heterocycles.